The maximum Gasteiger partial charge on any atom is 0.234 e. The van der Waals surface area contributed by atoms with Gasteiger partial charge in [-0.15, -0.1) is 0 Å². The molecular weight excluding hydrogens is 278 g/mol. The molecular formula is C17H15N3O2. The number of rotatable bonds is 1. The molecule has 0 radical (unpaired) electrons. The molecule has 3 N–H and O–H groups in total. The summed E-state index contributed by atoms with van der Waals surface area (Å²) in [5.74, 6) is -0.486. The van der Waals surface area contributed by atoms with E-state index in [0.29, 0.717) is 5.71 Å². The third-order valence-electron chi connectivity index (χ3n) is 4.33. The molecule has 2 aromatic carbocycles. The number of nitrogens with zero attached hydrogens (tertiary/aromatic N) is 1. The minimum atomic E-state index is -0.409. The third kappa shape index (κ3) is 1.72. The van der Waals surface area contributed by atoms with Gasteiger partial charge in [0, 0.05) is 16.9 Å². The molecule has 0 aromatic heterocycles. The molecule has 5 nitrogen and oxygen atoms in total. The van der Waals surface area contributed by atoms with Gasteiger partial charge in [0.1, 0.15) is 5.71 Å². The molecule has 110 valence electrons. The lowest BCUT2D eigenvalue weighted by Crippen LogP contribution is -2.34. The number of nitrogens with one attached hydrogen (secondary N) is 2. The van der Waals surface area contributed by atoms with Gasteiger partial charge in [-0.25, -0.2) is 0 Å². The lowest BCUT2D eigenvalue weighted by molar-refractivity contribution is -0.117. The van der Waals surface area contributed by atoms with Crippen molar-refractivity contribution in [2.24, 2.45) is 5.16 Å². The largest absolute Gasteiger partial charge is 0.411 e. The van der Waals surface area contributed by atoms with E-state index in [0.717, 1.165) is 28.1 Å². The number of oxime groups is 1. The van der Waals surface area contributed by atoms with Crippen molar-refractivity contribution in [3.63, 3.8) is 0 Å². The van der Waals surface area contributed by atoms with Gasteiger partial charge in [0.25, 0.3) is 0 Å². The van der Waals surface area contributed by atoms with Gasteiger partial charge in [-0.1, -0.05) is 41.1 Å². The highest BCUT2D eigenvalue weighted by Crippen LogP contribution is 2.40. The first kappa shape index (κ1) is 12.9. The Labute approximate surface area is 127 Å². The number of benzene rings is 2. The molecule has 2 aliphatic heterocycles. The second-order valence-corrected chi connectivity index (χ2v) is 5.71. The Hall–Kier alpha value is -2.82. The predicted octanol–water partition coefficient (Wildman–Crippen LogP) is 2.70. The van der Waals surface area contributed by atoms with Crippen LogP contribution in [0.15, 0.2) is 47.6 Å². The van der Waals surface area contributed by atoms with Crippen molar-refractivity contribution in [3.8, 4) is 0 Å². The molecule has 4 rings (SSSR count). The summed E-state index contributed by atoms with van der Waals surface area (Å²) in [6, 6.07) is 13.1. The maximum absolute atomic E-state index is 12.5. The summed E-state index contributed by atoms with van der Waals surface area (Å²) >= 11 is 0. The summed E-state index contributed by atoms with van der Waals surface area (Å²) in [7, 11) is 0. The SMILES string of the molecule is Cc1ccc2c(c1)C(C1Nc3ccccc3/C1=N\O)C(=O)N2. The van der Waals surface area contributed by atoms with Crippen molar-refractivity contribution in [2.45, 2.75) is 18.9 Å². The van der Waals surface area contributed by atoms with Crippen molar-refractivity contribution >= 4 is 23.0 Å². The second-order valence-electron chi connectivity index (χ2n) is 5.71. The van der Waals surface area contributed by atoms with Crippen molar-refractivity contribution in [3.05, 3.63) is 59.2 Å². The van der Waals surface area contributed by atoms with E-state index in [2.05, 4.69) is 15.8 Å². The summed E-state index contributed by atoms with van der Waals surface area (Å²) in [5, 5.41) is 19.1. The molecule has 0 fully saturated rings. The zero-order valence-electron chi connectivity index (χ0n) is 12.0. The van der Waals surface area contributed by atoms with Crippen molar-refractivity contribution in [1.82, 2.24) is 0 Å². The smallest absolute Gasteiger partial charge is 0.234 e. The van der Waals surface area contributed by atoms with Gasteiger partial charge in [0.05, 0.1) is 12.0 Å². The first-order valence-electron chi connectivity index (χ1n) is 7.18. The van der Waals surface area contributed by atoms with Gasteiger partial charge in [0.15, 0.2) is 0 Å². The van der Waals surface area contributed by atoms with E-state index < -0.39 is 5.92 Å². The molecule has 0 bridgehead atoms. The Morgan fingerprint density at radius 3 is 2.77 bits per heavy atom. The highest BCUT2D eigenvalue weighted by Gasteiger charge is 2.43. The molecule has 0 spiro atoms. The molecule has 2 aromatic rings. The Morgan fingerprint density at radius 2 is 1.95 bits per heavy atom. The zero-order valence-corrected chi connectivity index (χ0v) is 12.0. The van der Waals surface area contributed by atoms with Crippen LogP contribution in [0.25, 0.3) is 0 Å². The van der Waals surface area contributed by atoms with E-state index in [1.165, 1.54) is 0 Å². The molecule has 1 amide bonds. The van der Waals surface area contributed by atoms with E-state index in [1.54, 1.807) is 0 Å². The molecule has 5 heteroatoms. The van der Waals surface area contributed by atoms with Crippen LogP contribution in [0.5, 0.6) is 0 Å². The first-order valence-corrected chi connectivity index (χ1v) is 7.18. The Morgan fingerprint density at radius 1 is 1.14 bits per heavy atom. The molecule has 22 heavy (non-hydrogen) atoms. The molecule has 2 aliphatic rings. The number of amides is 1. The van der Waals surface area contributed by atoms with Gasteiger partial charge in [-0.3, -0.25) is 4.79 Å². The lowest BCUT2D eigenvalue weighted by atomic mass is 9.89. The van der Waals surface area contributed by atoms with Crippen molar-refractivity contribution in [1.29, 1.82) is 0 Å². The van der Waals surface area contributed by atoms with Gasteiger partial charge in [-0.2, -0.15) is 0 Å². The van der Waals surface area contributed by atoms with E-state index >= 15 is 0 Å². The van der Waals surface area contributed by atoms with Gasteiger partial charge in [0.2, 0.25) is 5.91 Å². The normalized spacial score (nSPS) is 23.9. The number of aryl methyl sites for hydroxylation is 1. The highest BCUT2D eigenvalue weighted by atomic mass is 16.4. The summed E-state index contributed by atoms with van der Waals surface area (Å²) in [4.78, 5) is 12.5. The first-order chi connectivity index (χ1) is 10.7. The standard InChI is InChI=1S/C17H15N3O2/c1-9-6-7-13-11(8-9)14(17(21)19-13)16-15(20-22)10-4-2-3-5-12(10)18-16/h2-8,14,16,18,22H,1H3,(H,19,21)/b20-15+. The van der Waals surface area contributed by atoms with Crippen LogP contribution in [0.4, 0.5) is 11.4 Å². The number of hydrogen-bond acceptors (Lipinski definition) is 4. The Bertz CT molecular complexity index is 813. The van der Waals surface area contributed by atoms with Crippen LogP contribution in [0.2, 0.25) is 0 Å². The minimum absolute atomic E-state index is 0.0768. The Balaban J connectivity index is 1.81. The fourth-order valence-electron chi connectivity index (χ4n) is 3.33. The molecule has 2 unspecified atom stereocenters. The summed E-state index contributed by atoms with van der Waals surface area (Å²) in [5.41, 5.74) is 5.09. The number of hydrogen-bond donors (Lipinski definition) is 3. The number of carbonyl (C=O) groups excluding carboxylic acids is 1. The number of carbonyl (C=O) groups is 1. The topological polar surface area (TPSA) is 73.7 Å². The predicted molar refractivity (Wildman–Crippen MR) is 84.7 cm³/mol. The zero-order chi connectivity index (χ0) is 15.3. The minimum Gasteiger partial charge on any atom is -0.411 e. The van der Waals surface area contributed by atoms with Gasteiger partial charge in [-0.05, 0) is 24.6 Å². The van der Waals surface area contributed by atoms with Crippen molar-refractivity contribution in [2.75, 3.05) is 10.6 Å². The maximum atomic E-state index is 12.5. The second kappa shape index (κ2) is 4.59. The molecule has 2 heterocycles. The fourth-order valence-corrected chi connectivity index (χ4v) is 3.33. The van der Waals surface area contributed by atoms with E-state index in [4.69, 9.17) is 0 Å². The van der Waals surface area contributed by atoms with Crippen LogP contribution in [-0.2, 0) is 4.79 Å². The van der Waals surface area contributed by atoms with Crippen LogP contribution in [-0.4, -0.2) is 22.9 Å². The lowest BCUT2D eigenvalue weighted by Gasteiger charge is -2.18. The van der Waals surface area contributed by atoms with Crippen LogP contribution in [0.3, 0.4) is 0 Å². The molecule has 0 aliphatic carbocycles. The summed E-state index contributed by atoms with van der Waals surface area (Å²) in [6.07, 6.45) is 0. The van der Waals surface area contributed by atoms with Crippen molar-refractivity contribution < 1.29 is 10.0 Å². The average molecular weight is 293 g/mol. The van der Waals surface area contributed by atoms with Gasteiger partial charge >= 0.3 is 0 Å². The fraction of sp³-hybridized carbons (Fsp3) is 0.176. The average Bonchev–Trinajstić information content (AvgIpc) is 3.03. The highest BCUT2D eigenvalue weighted by molar-refractivity contribution is 6.18. The van der Waals surface area contributed by atoms with Gasteiger partial charge < -0.3 is 15.8 Å². The molecule has 0 saturated heterocycles. The summed E-state index contributed by atoms with van der Waals surface area (Å²) in [6.45, 7) is 2.00. The third-order valence-corrected chi connectivity index (χ3v) is 4.33. The Kier molecular flexibility index (Phi) is 2.69. The van der Waals surface area contributed by atoms with E-state index in [1.807, 2.05) is 49.4 Å². The quantitative estimate of drug-likeness (QED) is 0.559. The monoisotopic (exact) mass is 293 g/mol. The van der Waals surface area contributed by atoms with E-state index in [-0.39, 0.29) is 11.9 Å². The molecule has 0 saturated carbocycles. The number of para-hydroxylation sites is 1. The van der Waals surface area contributed by atoms with Crippen LogP contribution < -0.4 is 10.6 Å². The summed E-state index contributed by atoms with van der Waals surface area (Å²) < 4.78 is 0. The number of fused-ring (bicyclic) bond motifs is 2. The van der Waals surface area contributed by atoms with Crippen LogP contribution >= 0.6 is 0 Å². The molecule has 2 atom stereocenters. The van der Waals surface area contributed by atoms with Crippen LogP contribution in [0, 0.1) is 6.92 Å². The van der Waals surface area contributed by atoms with E-state index in [9.17, 15) is 10.0 Å². The number of anilines is 2. The van der Waals surface area contributed by atoms with Crippen LogP contribution in [0.1, 0.15) is 22.6 Å².